The van der Waals surface area contributed by atoms with Gasteiger partial charge in [0.15, 0.2) is 0 Å². The van der Waals surface area contributed by atoms with Gasteiger partial charge in [0, 0.05) is 19.1 Å². The monoisotopic (exact) mass is 292 g/mol. The predicted molar refractivity (Wildman–Crippen MR) is 82.9 cm³/mol. The molecule has 0 bridgehead atoms. The molecule has 0 aliphatic rings. The average molecular weight is 292 g/mol. The van der Waals surface area contributed by atoms with E-state index in [1.165, 1.54) is 0 Å². The zero-order valence-corrected chi connectivity index (χ0v) is 14.1. The minimum atomic E-state index is -3.19. The second-order valence-electron chi connectivity index (χ2n) is 5.28. The number of rotatable bonds is 11. The average Bonchev–Trinajstić information content (AvgIpc) is 2.38. The number of unbranched alkanes of at least 4 members (excludes halogenated alkanes) is 1. The van der Waals surface area contributed by atoms with Crippen LogP contribution in [0.5, 0.6) is 0 Å². The van der Waals surface area contributed by atoms with E-state index in [1.807, 2.05) is 13.8 Å². The van der Waals surface area contributed by atoms with E-state index in [0.29, 0.717) is 13.1 Å². The smallest absolute Gasteiger partial charge is 0.218 e. The van der Waals surface area contributed by atoms with E-state index in [9.17, 15) is 8.42 Å². The molecule has 2 unspecified atom stereocenters. The highest BCUT2D eigenvalue weighted by atomic mass is 32.2. The molecule has 19 heavy (non-hydrogen) atoms. The van der Waals surface area contributed by atoms with Crippen molar-refractivity contribution in [2.24, 2.45) is 0 Å². The fraction of sp³-hybridized carbons (Fsp3) is 1.00. The summed E-state index contributed by atoms with van der Waals surface area (Å²) in [7, 11) is -3.19. The summed E-state index contributed by atoms with van der Waals surface area (Å²) >= 11 is 0. The summed E-state index contributed by atoms with van der Waals surface area (Å²) in [4.78, 5) is 0. The van der Waals surface area contributed by atoms with E-state index in [2.05, 4.69) is 19.2 Å². The number of nitrogens with one attached hydrogen (secondary N) is 1. The van der Waals surface area contributed by atoms with Crippen molar-refractivity contribution in [3.8, 4) is 0 Å². The van der Waals surface area contributed by atoms with Crippen molar-refractivity contribution in [2.45, 2.75) is 71.6 Å². The maximum Gasteiger partial charge on any atom is 0.218 e. The summed E-state index contributed by atoms with van der Waals surface area (Å²) in [5.74, 6) is 0. The van der Waals surface area contributed by atoms with Crippen LogP contribution in [0.2, 0.25) is 0 Å². The summed E-state index contributed by atoms with van der Waals surface area (Å²) in [5.41, 5.74) is 0. The quantitative estimate of drug-likeness (QED) is 0.596. The van der Waals surface area contributed by atoms with Crippen LogP contribution in [0.4, 0.5) is 0 Å². The molecule has 116 valence electrons. The first-order valence-corrected chi connectivity index (χ1v) is 9.13. The van der Waals surface area contributed by atoms with E-state index in [4.69, 9.17) is 0 Å². The number of hydrogen-bond donors (Lipinski definition) is 1. The zero-order chi connectivity index (χ0) is 14.9. The van der Waals surface area contributed by atoms with Crippen LogP contribution in [0, 0.1) is 0 Å². The normalized spacial score (nSPS) is 15.7. The van der Waals surface area contributed by atoms with Crippen molar-refractivity contribution in [3.63, 3.8) is 0 Å². The summed E-state index contributed by atoms with van der Waals surface area (Å²) in [6.07, 6.45) is 3.83. The number of nitrogens with zero attached hydrogens (tertiary/aromatic N) is 1. The van der Waals surface area contributed by atoms with Gasteiger partial charge in [-0.15, -0.1) is 0 Å². The van der Waals surface area contributed by atoms with Crippen LogP contribution < -0.4 is 5.32 Å². The maximum absolute atomic E-state index is 12.6. The van der Waals surface area contributed by atoms with Gasteiger partial charge in [0.05, 0.1) is 5.25 Å². The molecule has 0 amide bonds. The van der Waals surface area contributed by atoms with Crippen molar-refractivity contribution < 1.29 is 8.42 Å². The van der Waals surface area contributed by atoms with Gasteiger partial charge >= 0.3 is 0 Å². The van der Waals surface area contributed by atoms with Gasteiger partial charge in [0.2, 0.25) is 10.0 Å². The lowest BCUT2D eigenvalue weighted by molar-refractivity contribution is 0.320. The van der Waals surface area contributed by atoms with Crippen LogP contribution >= 0.6 is 0 Å². The lowest BCUT2D eigenvalue weighted by Gasteiger charge is -2.30. The standard InChI is InChI=1S/C14H32N2O2S/c1-6-9-11-16(13(4)8-3)19(17,18)14(5)12-15-10-7-2/h13-15H,6-12H2,1-5H3. The second kappa shape index (κ2) is 9.72. The Morgan fingerprint density at radius 2 is 1.74 bits per heavy atom. The molecule has 0 aliphatic heterocycles. The Hall–Kier alpha value is -0.130. The Labute approximate surface area is 120 Å². The molecule has 5 heteroatoms. The SMILES string of the molecule is CCCCN(C(C)CC)S(=O)(=O)C(C)CNCCC. The highest BCUT2D eigenvalue weighted by Crippen LogP contribution is 2.16. The first-order valence-electron chi connectivity index (χ1n) is 7.63. The summed E-state index contributed by atoms with van der Waals surface area (Å²) in [6.45, 7) is 12.1. The lowest BCUT2D eigenvalue weighted by Crippen LogP contribution is -2.46. The first-order chi connectivity index (χ1) is 8.91. The van der Waals surface area contributed by atoms with Gasteiger partial charge in [-0.25, -0.2) is 8.42 Å². The minimum Gasteiger partial charge on any atom is -0.315 e. The fourth-order valence-electron chi connectivity index (χ4n) is 1.93. The molecule has 0 radical (unpaired) electrons. The van der Waals surface area contributed by atoms with Gasteiger partial charge < -0.3 is 5.32 Å². The molecule has 0 aromatic heterocycles. The Balaban J connectivity index is 4.75. The van der Waals surface area contributed by atoms with Crippen LogP contribution in [0.3, 0.4) is 0 Å². The highest BCUT2D eigenvalue weighted by molar-refractivity contribution is 7.89. The van der Waals surface area contributed by atoms with Gasteiger partial charge in [0.1, 0.15) is 0 Å². The summed E-state index contributed by atoms with van der Waals surface area (Å²) in [5, 5.41) is 2.85. The van der Waals surface area contributed by atoms with Gasteiger partial charge in [-0.2, -0.15) is 4.31 Å². The first kappa shape index (κ1) is 18.9. The van der Waals surface area contributed by atoms with Crippen LogP contribution in [0.1, 0.15) is 60.3 Å². The van der Waals surface area contributed by atoms with E-state index in [-0.39, 0.29) is 11.3 Å². The van der Waals surface area contributed by atoms with E-state index in [0.717, 1.165) is 32.2 Å². The molecule has 0 fully saturated rings. The molecule has 0 spiro atoms. The molecule has 0 rings (SSSR count). The lowest BCUT2D eigenvalue weighted by atomic mass is 10.2. The summed E-state index contributed by atoms with van der Waals surface area (Å²) in [6, 6.07) is 0.0881. The second-order valence-corrected chi connectivity index (χ2v) is 7.58. The van der Waals surface area contributed by atoms with E-state index < -0.39 is 10.0 Å². The number of sulfonamides is 1. The Kier molecular flexibility index (Phi) is 9.66. The minimum absolute atomic E-state index is 0.0881. The van der Waals surface area contributed by atoms with Crippen LogP contribution in [0.15, 0.2) is 0 Å². The fourth-order valence-corrected chi connectivity index (χ4v) is 3.76. The zero-order valence-electron chi connectivity index (χ0n) is 13.3. The summed E-state index contributed by atoms with van der Waals surface area (Å²) < 4.78 is 26.9. The maximum atomic E-state index is 12.6. The van der Waals surface area contributed by atoms with Gasteiger partial charge in [-0.1, -0.05) is 27.2 Å². The molecule has 0 aliphatic carbocycles. The third kappa shape index (κ3) is 6.23. The molecule has 1 N–H and O–H groups in total. The van der Waals surface area contributed by atoms with Crippen molar-refractivity contribution in [1.29, 1.82) is 0 Å². The van der Waals surface area contributed by atoms with E-state index in [1.54, 1.807) is 11.2 Å². The molecule has 2 atom stereocenters. The Morgan fingerprint density at radius 1 is 1.11 bits per heavy atom. The molecular weight excluding hydrogens is 260 g/mol. The van der Waals surface area contributed by atoms with Crippen LogP contribution in [-0.2, 0) is 10.0 Å². The molecule has 0 saturated heterocycles. The molecule has 0 aromatic carbocycles. The Morgan fingerprint density at radius 3 is 2.21 bits per heavy atom. The van der Waals surface area contributed by atoms with Crippen molar-refractivity contribution in [3.05, 3.63) is 0 Å². The van der Waals surface area contributed by atoms with Crippen molar-refractivity contribution in [1.82, 2.24) is 9.62 Å². The van der Waals surface area contributed by atoms with Crippen molar-refractivity contribution >= 4 is 10.0 Å². The van der Waals surface area contributed by atoms with Gasteiger partial charge in [-0.3, -0.25) is 0 Å². The predicted octanol–water partition coefficient (Wildman–Crippen LogP) is 2.60. The Bertz CT molecular complexity index is 317. The van der Waals surface area contributed by atoms with Crippen LogP contribution in [-0.4, -0.2) is 43.6 Å². The molecule has 0 saturated carbocycles. The third-order valence-electron chi connectivity index (χ3n) is 3.51. The molecular formula is C14H32N2O2S. The van der Waals surface area contributed by atoms with E-state index >= 15 is 0 Å². The largest absolute Gasteiger partial charge is 0.315 e. The molecule has 0 heterocycles. The topological polar surface area (TPSA) is 49.4 Å². The number of hydrogen-bond acceptors (Lipinski definition) is 3. The van der Waals surface area contributed by atoms with Gasteiger partial charge in [-0.05, 0) is 39.7 Å². The molecule has 0 aromatic rings. The van der Waals surface area contributed by atoms with Crippen molar-refractivity contribution in [2.75, 3.05) is 19.6 Å². The van der Waals surface area contributed by atoms with Gasteiger partial charge in [0.25, 0.3) is 0 Å². The third-order valence-corrected chi connectivity index (χ3v) is 5.89. The van der Waals surface area contributed by atoms with Crippen LogP contribution in [0.25, 0.3) is 0 Å². The highest BCUT2D eigenvalue weighted by Gasteiger charge is 2.30. The molecule has 4 nitrogen and oxygen atoms in total.